The molecule has 7 nitrogen and oxygen atoms in total. The maximum absolute atomic E-state index is 11.9. The first-order chi connectivity index (χ1) is 11.5. The lowest BCUT2D eigenvalue weighted by Crippen LogP contribution is -2.40. The van der Waals surface area contributed by atoms with Crippen LogP contribution < -0.4 is 15.4 Å². The van der Waals surface area contributed by atoms with Gasteiger partial charge in [-0.05, 0) is 24.3 Å². The first-order valence-corrected chi connectivity index (χ1v) is 8.62. The lowest BCUT2D eigenvalue weighted by Gasteiger charge is -2.08. The van der Waals surface area contributed by atoms with Crippen molar-refractivity contribution in [2.45, 2.75) is 4.90 Å². The number of amides is 2. The molecule has 0 bridgehead atoms. The van der Waals surface area contributed by atoms with E-state index >= 15 is 0 Å². The van der Waals surface area contributed by atoms with Gasteiger partial charge in [0.25, 0.3) is 0 Å². The second-order valence-electron chi connectivity index (χ2n) is 4.83. The van der Waals surface area contributed by atoms with Gasteiger partial charge in [0.05, 0.1) is 18.0 Å². The molecule has 0 aromatic heterocycles. The van der Waals surface area contributed by atoms with Crippen LogP contribution in [0, 0.1) is 0 Å². The number of carbonyl (C=O) groups excluding carboxylic acids is 2. The van der Waals surface area contributed by atoms with Crippen molar-refractivity contribution in [2.75, 3.05) is 18.4 Å². The van der Waals surface area contributed by atoms with Gasteiger partial charge in [-0.3, -0.25) is 9.59 Å². The summed E-state index contributed by atoms with van der Waals surface area (Å²) in [5, 5.41) is 4.95. The van der Waals surface area contributed by atoms with E-state index < -0.39 is 28.4 Å². The average molecular weight is 347 g/mol. The van der Waals surface area contributed by atoms with Crippen LogP contribution in [0.15, 0.2) is 65.6 Å². The van der Waals surface area contributed by atoms with Gasteiger partial charge in [-0.2, -0.15) is 0 Å². The van der Waals surface area contributed by atoms with Crippen LogP contribution in [0.25, 0.3) is 0 Å². The van der Waals surface area contributed by atoms with Crippen molar-refractivity contribution in [3.63, 3.8) is 0 Å². The molecule has 126 valence electrons. The summed E-state index contributed by atoms with van der Waals surface area (Å²) in [4.78, 5) is 23.4. The number of sulfonamides is 1. The number of rotatable bonds is 7. The van der Waals surface area contributed by atoms with Crippen molar-refractivity contribution in [3.8, 4) is 0 Å². The molecule has 2 amide bonds. The van der Waals surface area contributed by atoms with Gasteiger partial charge in [0, 0.05) is 5.69 Å². The largest absolute Gasteiger partial charge is 0.346 e. The highest BCUT2D eigenvalue weighted by Crippen LogP contribution is 2.06. The zero-order valence-electron chi connectivity index (χ0n) is 12.7. The highest BCUT2D eigenvalue weighted by molar-refractivity contribution is 7.89. The SMILES string of the molecule is O=C(CNS(=O)(=O)c1ccccc1)NCC(=O)Nc1ccccc1. The maximum Gasteiger partial charge on any atom is 0.243 e. The van der Waals surface area contributed by atoms with Gasteiger partial charge in [-0.1, -0.05) is 36.4 Å². The van der Waals surface area contributed by atoms with Crippen molar-refractivity contribution >= 4 is 27.5 Å². The van der Waals surface area contributed by atoms with Crippen LogP contribution >= 0.6 is 0 Å². The number of anilines is 1. The molecule has 0 aliphatic rings. The maximum atomic E-state index is 11.9. The molecule has 0 aliphatic heterocycles. The molecule has 0 heterocycles. The monoisotopic (exact) mass is 347 g/mol. The van der Waals surface area contributed by atoms with Gasteiger partial charge in [0.2, 0.25) is 21.8 Å². The molecular weight excluding hydrogens is 330 g/mol. The second-order valence-corrected chi connectivity index (χ2v) is 6.60. The van der Waals surface area contributed by atoms with E-state index in [-0.39, 0.29) is 11.4 Å². The van der Waals surface area contributed by atoms with E-state index in [0.29, 0.717) is 5.69 Å². The first kappa shape index (κ1) is 17.6. The zero-order chi connectivity index (χ0) is 17.4. The van der Waals surface area contributed by atoms with Gasteiger partial charge in [0.15, 0.2) is 0 Å². The van der Waals surface area contributed by atoms with Gasteiger partial charge in [-0.15, -0.1) is 0 Å². The van der Waals surface area contributed by atoms with E-state index in [1.165, 1.54) is 12.1 Å². The molecule has 0 saturated carbocycles. The molecule has 0 saturated heterocycles. The fourth-order valence-electron chi connectivity index (χ4n) is 1.81. The third-order valence-electron chi connectivity index (χ3n) is 2.98. The Balaban J connectivity index is 1.76. The molecule has 24 heavy (non-hydrogen) atoms. The van der Waals surface area contributed by atoms with Crippen molar-refractivity contribution < 1.29 is 18.0 Å². The van der Waals surface area contributed by atoms with Gasteiger partial charge < -0.3 is 10.6 Å². The van der Waals surface area contributed by atoms with Gasteiger partial charge in [-0.25, -0.2) is 13.1 Å². The molecule has 0 radical (unpaired) electrons. The minimum atomic E-state index is -3.75. The normalized spacial score (nSPS) is 10.8. The van der Waals surface area contributed by atoms with Crippen LogP contribution in [0.5, 0.6) is 0 Å². The number of nitrogens with one attached hydrogen (secondary N) is 3. The molecule has 8 heteroatoms. The molecule has 2 aromatic rings. The Hall–Kier alpha value is -2.71. The molecule has 0 atom stereocenters. The summed E-state index contributed by atoms with van der Waals surface area (Å²) < 4.78 is 26.1. The minimum absolute atomic E-state index is 0.0691. The molecule has 0 aliphatic carbocycles. The Morgan fingerprint density at radius 1 is 0.792 bits per heavy atom. The fourth-order valence-corrected chi connectivity index (χ4v) is 2.81. The average Bonchev–Trinajstić information content (AvgIpc) is 2.60. The molecule has 0 fully saturated rings. The third-order valence-corrected chi connectivity index (χ3v) is 4.40. The minimum Gasteiger partial charge on any atom is -0.346 e. The Labute approximate surface area is 140 Å². The summed E-state index contributed by atoms with van der Waals surface area (Å²) in [7, 11) is -3.75. The van der Waals surface area contributed by atoms with Crippen LogP contribution in [0.1, 0.15) is 0 Å². The summed E-state index contributed by atoms with van der Waals surface area (Å²) in [6, 6.07) is 16.5. The highest BCUT2D eigenvalue weighted by Gasteiger charge is 2.15. The van der Waals surface area contributed by atoms with Crippen LogP contribution in [0.4, 0.5) is 5.69 Å². The van der Waals surface area contributed by atoms with Crippen molar-refractivity contribution in [1.82, 2.24) is 10.0 Å². The van der Waals surface area contributed by atoms with E-state index in [1.54, 1.807) is 42.5 Å². The summed E-state index contributed by atoms with van der Waals surface area (Å²) >= 11 is 0. The number of hydrogen-bond acceptors (Lipinski definition) is 4. The van der Waals surface area contributed by atoms with Gasteiger partial charge >= 0.3 is 0 Å². The van der Waals surface area contributed by atoms with E-state index in [1.807, 2.05) is 6.07 Å². The molecule has 2 aromatic carbocycles. The van der Waals surface area contributed by atoms with Crippen LogP contribution in [0.3, 0.4) is 0 Å². The molecule has 2 rings (SSSR count). The molecule has 0 unspecified atom stereocenters. The zero-order valence-corrected chi connectivity index (χ0v) is 13.5. The van der Waals surface area contributed by atoms with Gasteiger partial charge in [0.1, 0.15) is 0 Å². The predicted molar refractivity (Wildman–Crippen MR) is 89.7 cm³/mol. The number of carbonyl (C=O) groups is 2. The van der Waals surface area contributed by atoms with E-state index in [4.69, 9.17) is 0 Å². The summed E-state index contributed by atoms with van der Waals surface area (Å²) in [6.07, 6.45) is 0. The lowest BCUT2D eigenvalue weighted by atomic mass is 10.3. The number of benzene rings is 2. The standard InChI is InChI=1S/C16H17N3O4S/c20-15(12-18-24(22,23)14-9-5-2-6-10-14)17-11-16(21)19-13-7-3-1-4-8-13/h1-10,18H,11-12H2,(H,17,20)(H,19,21). The smallest absolute Gasteiger partial charge is 0.243 e. The summed E-state index contributed by atoms with van der Waals surface area (Å²) in [6.45, 7) is -0.698. The quantitative estimate of drug-likeness (QED) is 0.686. The van der Waals surface area contributed by atoms with Crippen LogP contribution in [-0.2, 0) is 19.6 Å². The Morgan fingerprint density at radius 2 is 1.38 bits per heavy atom. The van der Waals surface area contributed by atoms with Crippen molar-refractivity contribution in [2.24, 2.45) is 0 Å². The van der Waals surface area contributed by atoms with Crippen molar-refractivity contribution in [3.05, 3.63) is 60.7 Å². The molecular formula is C16H17N3O4S. The lowest BCUT2D eigenvalue weighted by molar-refractivity contribution is -0.123. The predicted octanol–water partition coefficient (Wildman–Crippen LogP) is 0.720. The van der Waals surface area contributed by atoms with E-state index in [9.17, 15) is 18.0 Å². The third kappa shape index (κ3) is 5.49. The molecule has 0 spiro atoms. The second kappa shape index (κ2) is 8.23. The Bertz CT molecular complexity index is 793. The fraction of sp³-hybridized carbons (Fsp3) is 0.125. The van der Waals surface area contributed by atoms with Crippen LogP contribution in [-0.4, -0.2) is 33.3 Å². The first-order valence-electron chi connectivity index (χ1n) is 7.14. The highest BCUT2D eigenvalue weighted by atomic mass is 32.2. The van der Waals surface area contributed by atoms with E-state index in [0.717, 1.165) is 0 Å². The van der Waals surface area contributed by atoms with Crippen LogP contribution in [0.2, 0.25) is 0 Å². The number of hydrogen-bond donors (Lipinski definition) is 3. The van der Waals surface area contributed by atoms with Crippen molar-refractivity contribution in [1.29, 1.82) is 0 Å². The summed E-state index contributed by atoms with van der Waals surface area (Å²) in [5.41, 5.74) is 0.613. The topological polar surface area (TPSA) is 104 Å². The van der Waals surface area contributed by atoms with E-state index in [2.05, 4.69) is 15.4 Å². The summed E-state index contributed by atoms with van der Waals surface area (Å²) in [5.74, 6) is -1.00. The molecule has 3 N–H and O–H groups in total. The Morgan fingerprint density at radius 3 is 2.00 bits per heavy atom. The number of para-hydroxylation sites is 1. The Kier molecular flexibility index (Phi) is 6.05.